The van der Waals surface area contributed by atoms with Gasteiger partial charge in [0.15, 0.2) is 0 Å². The predicted octanol–water partition coefficient (Wildman–Crippen LogP) is 11.8. The van der Waals surface area contributed by atoms with E-state index in [9.17, 15) is 0 Å². The Hall–Kier alpha value is -4.31. The minimum absolute atomic E-state index is 0.931. The first-order valence-electron chi connectivity index (χ1n) is 16.8. The second-order valence-electron chi connectivity index (χ2n) is 9.39. The Kier molecular flexibility index (Phi) is 12.8. The van der Waals surface area contributed by atoms with Crippen LogP contribution in [0.15, 0.2) is 97.1 Å². The molecule has 232 valence electrons. The van der Waals surface area contributed by atoms with Crippen molar-refractivity contribution in [3.63, 3.8) is 0 Å². The molecule has 8 rings (SSSR count). The van der Waals surface area contributed by atoms with Gasteiger partial charge in [-0.15, -0.1) is 0 Å². The normalized spacial score (nSPS) is 10.6. The van der Waals surface area contributed by atoms with E-state index in [1.807, 2.05) is 61.5 Å². The zero-order valence-electron chi connectivity index (χ0n) is 28.6. The fraction of sp³-hybridized carbons (Fsp3) is 0.325. The van der Waals surface area contributed by atoms with Crippen LogP contribution in [0.3, 0.4) is 0 Å². The van der Waals surface area contributed by atoms with Crippen LogP contribution in [0.4, 0.5) is 0 Å². The third-order valence-corrected chi connectivity index (χ3v) is 7.55. The lowest BCUT2D eigenvalue weighted by Gasteiger charge is -2.05. The Morgan fingerprint density at radius 3 is 1.73 bits per heavy atom. The summed E-state index contributed by atoms with van der Waals surface area (Å²) in [5.41, 5.74) is 11.9. The zero-order valence-corrected chi connectivity index (χ0v) is 28.6. The van der Waals surface area contributed by atoms with E-state index in [1.165, 1.54) is 49.8 Å². The van der Waals surface area contributed by atoms with Gasteiger partial charge in [-0.2, -0.15) is 0 Å². The summed E-state index contributed by atoms with van der Waals surface area (Å²) >= 11 is 0. The molecule has 0 saturated heterocycles. The maximum atomic E-state index is 4.75. The van der Waals surface area contributed by atoms with Crippen LogP contribution in [-0.2, 0) is 19.5 Å². The topological polar surface area (TPSA) is 27.2 Å². The van der Waals surface area contributed by atoms with Gasteiger partial charge in [-0.05, 0) is 55.3 Å². The number of rotatable bonds is 2. The van der Waals surface area contributed by atoms with Gasteiger partial charge in [-0.3, -0.25) is 4.40 Å². The van der Waals surface area contributed by atoms with Gasteiger partial charge < -0.3 is 9.13 Å². The van der Waals surface area contributed by atoms with Crippen molar-refractivity contribution in [3.05, 3.63) is 108 Å². The molecule has 0 amide bonds. The first-order chi connectivity index (χ1) is 21.8. The van der Waals surface area contributed by atoms with Crippen molar-refractivity contribution in [1.82, 2.24) is 18.5 Å². The molecule has 7 aromatic rings. The number of para-hydroxylation sites is 5. The minimum atomic E-state index is 0.931. The number of benzene rings is 4. The number of hydrogen-bond acceptors (Lipinski definition) is 1. The summed E-state index contributed by atoms with van der Waals surface area (Å²) in [5, 5.41) is 1.40. The van der Waals surface area contributed by atoms with E-state index in [4.69, 9.17) is 4.98 Å². The van der Waals surface area contributed by atoms with Gasteiger partial charge >= 0.3 is 0 Å². The highest BCUT2D eigenvalue weighted by molar-refractivity contribution is 6.01. The van der Waals surface area contributed by atoms with Gasteiger partial charge in [0.2, 0.25) is 5.78 Å². The molecular formula is C40H52N4. The van der Waals surface area contributed by atoms with E-state index in [-0.39, 0.29) is 0 Å². The second kappa shape index (κ2) is 16.5. The molecule has 0 N–H and O–H groups in total. The average molecular weight is 589 g/mol. The maximum Gasteiger partial charge on any atom is 0.215 e. The zero-order chi connectivity index (χ0) is 32.2. The van der Waals surface area contributed by atoms with Crippen molar-refractivity contribution < 1.29 is 0 Å². The van der Waals surface area contributed by atoms with Gasteiger partial charge in [-0.25, -0.2) is 4.98 Å². The van der Waals surface area contributed by atoms with Gasteiger partial charge in [-0.1, -0.05) is 122 Å². The highest BCUT2D eigenvalue weighted by Gasteiger charge is 2.25. The quantitative estimate of drug-likeness (QED) is 0.197. The molecule has 0 fully saturated rings. The van der Waals surface area contributed by atoms with E-state index in [0.29, 0.717) is 0 Å². The fourth-order valence-corrected chi connectivity index (χ4v) is 6.03. The summed E-state index contributed by atoms with van der Waals surface area (Å²) in [5.74, 6) is 1.03. The van der Waals surface area contributed by atoms with Crippen LogP contribution in [0.1, 0.15) is 80.5 Å². The molecule has 0 aliphatic heterocycles. The van der Waals surface area contributed by atoms with Crippen molar-refractivity contribution in [2.75, 3.05) is 0 Å². The number of aromatic nitrogens is 4. The molecule has 0 unspecified atom stereocenters. The minimum Gasteiger partial charge on any atom is -0.344 e. The molecule has 3 aromatic heterocycles. The SMILES string of the molecule is CC.CC.CC.CC.CCn1c2c(c3ccccc31)-c1ccccc1C2.CCn1c2ccccc2n2c3ccccc3nc12. The number of nitrogens with zero attached hydrogens (tertiary/aromatic N) is 4. The molecule has 0 bridgehead atoms. The van der Waals surface area contributed by atoms with E-state index in [1.54, 1.807) is 0 Å². The Morgan fingerprint density at radius 2 is 1.07 bits per heavy atom. The monoisotopic (exact) mass is 588 g/mol. The van der Waals surface area contributed by atoms with Crippen LogP contribution in [0.25, 0.3) is 49.9 Å². The molecule has 0 spiro atoms. The van der Waals surface area contributed by atoms with E-state index < -0.39 is 0 Å². The lowest BCUT2D eigenvalue weighted by Crippen LogP contribution is -1.99. The summed E-state index contributed by atoms with van der Waals surface area (Å²) in [6.45, 7) is 22.4. The summed E-state index contributed by atoms with van der Waals surface area (Å²) in [6, 6.07) is 34.3. The van der Waals surface area contributed by atoms with Crippen LogP contribution in [0.2, 0.25) is 0 Å². The third-order valence-electron chi connectivity index (χ3n) is 7.55. The van der Waals surface area contributed by atoms with Gasteiger partial charge in [0.1, 0.15) is 0 Å². The summed E-state index contributed by atoms with van der Waals surface area (Å²) in [4.78, 5) is 4.75. The molecule has 4 aromatic carbocycles. The predicted molar refractivity (Wildman–Crippen MR) is 195 cm³/mol. The first-order valence-corrected chi connectivity index (χ1v) is 16.8. The summed E-state index contributed by atoms with van der Waals surface area (Å²) in [6.07, 6.45) is 1.08. The van der Waals surface area contributed by atoms with Crippen molar-refractivity contribution in [1.29, 1.82) is 0 Å². The summed E-state index contributed by atoms with van der Waals surface area (Å²) in [7, 11) is 0. The molecule has 0 saturated carbocycles. The second-order valence-corrected chi connectivity index (χ2v) is 9.39. The number of aryl methyl sites for hydroxylation is 2. The Labute approximate surface area is 265 Å². The van der Waals surface area contributed by atoms with E-state index in [0.717, 1.165) is 30.8 Å². The molecule has 1 aliphatic carbocycles. The standard InChI is InChI=1S/C17H15N.C15H13N3.4C2H6/c1-2-18-15-10-6-5-9-14(15)17-13-8-4-3-7-12(13)11-16(17)18;1-2-17-13-9-5-6-10-14(13)18-12-8-4-3-7-11(12)16-15(17)18;4*1-2/h3-10H,2,11H2,1H3;3-10H,2H2,1H3;4*1-2H3. The van der Waals surface area contributed by atoms with Gasteiger partial charge in [0, 0.05) is 41.7 Å². The highest BCUT2D eigenvalue weighted by atomic mass is 15.2. The van der Waals surface area contributed by atoms with Gasteiger partial charge in [0.05, 0.1) is 22.1 Å². The molecule has 1 aliphatic rings. The Balaban J connectivity index is 0.000000197. The lowest BCUT2D eigenvalue weighted by atomic mass is 10.0. The van der Waals surface area contributed by atoms with Crippen molar-refractivity contribution in [2.45, 2.75) is 88.7 Å². The molecular weight excluding hydrogens is 536 g/mol. The van der Waals surface area contributed by atoms with Crippen LogP contribution in [-0.4, -0.2) is 18.5 Å². The largest absolute Gasteiger partial charge is 0.344 e. The maximum absolute atomic E-state index is 4.75. The Morgan fingerprint density at radius 1 is 0.545 bits per heavy atom. The molecule has 4 nitrogen and oxygen atoms in total. The number of imidazole rings is 2. The molecule has 0 atom stereocenters. The van der Waals surface area contributed by atoms with E-state index >= 15 is 0 Å². The highest BCUT2D eigenvalue weighted by Crippen LogP contribution is 2.43. The number of fused-ring (bicyclic) bond motifs is 10. The lowest BCUT2D eigenvalue weighted by molar-refractivity contribution is 0.759. The van der Waals surface area contributed by atoms with Crippen LogP contribution in [0, 0.1) is 0 Å². The van der Waals surface area contributed by atoms with Crippen LogP contribution >= 0.6 is 0 Å². The van der Waals surface area contributed by atoms with Gasteiger partial charge in [0.25, 0.3) is 0 Å². The third kappa shape index (κ3) is 6.04. The fourth-order valence-electron chi connectivity index (χ4n) is 6.03. The van der Waals surface area contributed by atoms with Crippen molar-refractivity contribution in [2.24, 2.45) is 0 Å². The van der Waals surface area contributed by atoms with Crippen LogP contribution in [0.5, 0.6) is 0 Å². The summed E-state index contributed by atoms with van der Waals surface area (Å²) < 4.78 is 6.97. The molecule has 3 heterocycles. The van der Waals surface area contributed by atoms with E-state index in [2.05, 4.69) is 118 Å². The van der Waals surface area contributed by atoms with Crippen LogP contribution < -0.4 is 0 Å². The first kappa shape index (κ1) is 34.2. The smallest absolute Gasteiger partial charge is 0.215 e. The number of hydrogen-bond donors (Lipinski definition) is 0. The molecule has 44 heavy (non-hydrogen) atoms. The van der Waals surface area contributed by atoms with Crippen molar-refractivity contribution in [3.8, 4) is 11.1 Å². The molecule has 4 heteroatoms. The average Bonchev–Trinajstić information content (AvgIpc) is 3.85. The molecule has 0 radical (unpaired) electrons. The Bertz CT molecular complexity index is 1900. The van der Waals surface area contributed by atoms with Crippen molar-refractivity contribution >= 4 is 38.7 Å².